The van der Waals surface area contributed by atoms with Gasteiger partial charge in [0.1, 0.15) is 0 Å². The van der Waals surface area contributed by atoms with Gasteiger partial charge in [0.2, 0.25) is 0 Å². The number of hydrogen-bond donors (Lipinski definition) is 0. The summed E-state index contributed by atoms with van der Waals surface area (Å²) in [5, 5.41) is 0. The molecule has 0 amide bonds. The second kappa shape index (κ2) is 5.23. The van der Waals surface area contributed by atoms with Crippen LogP contribution in [0.3, 0.4) is 0 Å². The molecule has 2 rings (SSSR count). The zero-order valence-corrected chi connectivity index (χ0v) is 11.7. The lowest BCUT2D eigenvalue weighted by atomic mass is 9.87. The van der Waals surface area contributed by atoms with Crippen LogP contribution in [0.4, 0.5) is 0 Å². The minimum atomic E-state index is -0.205. The molecule has 0 radical (unpaired) electrons. The summed E-state index contributed by atoms with van der Waals surface area (Å²) in [6, 6.07) is 8.29. The van der Waals surface area contributed by atoms with Crippen molar-refractivity contribution in [2.24, 2.45) is 0 Å². The average molecular weight is 245 g/mol. The fourth-order valence-corrected chi connectivity index (χ4v) is 3.11. The molecule has 1 aromatic rings. The van der Waals surface area contributed by atoms with Crippen molar-refractivity contribution in [2.75, 3.05) is 14.1 Å². The first-order valence-corrected chi connectivity index (χ1v) is 6.81. The molecular weight excluding hydrogens is 222 g/mol. The predicted molar refractivity (Wildman–Crippen MR) is 74.8 cm³/mol. The van der Waals surface area contributed by atoms with E-state index in [1.165, 1.54) is 18.4 Å². The van der Waals surface area contributed by atoms with E-state index >= 15 is 0 Å². The first-order chi connectivity index (χ1) is 8.54. The highest BCUT2D eigenvalue weighted by molar-refractivity contribution is 5.90. The van der Waals surface area contributed by atoms with Crippen LogP contribution in [0.15, 0.2) is 24.3 Å². The molecule has 1 aliphatic rings. The Balaban J connectivity index is 2.16. The zero-order chi connectivity index (χ0) is 13.2. The van der Waals surface area contributed by atoms with Crippen LogP contribution in [0, 0.1) is 6.92 Å². The summed E-state index contributed by atoms with van der Waals surface area (Å²) in [6.45, 7) is 2.07. The fourth-order valence-electron chi connectivity index (χ4n) is 3.11. The molecule has 1 saturated carbocycles. The second-order valence-electron chi connectivity index (χ2n) is 5.72. The third-order valence-electron chi connectivity index (χ3n) is 4.25. The van der Waals surface area contributed by atoms with Gasteiger partial charge in [-0.1, -0.05) is 42.7 Å². The Hall–Kier alpha value is -1.15. The maximum absolute atomic E-state index is 12.6. The van der Waals surface area contributed by atoms with Crippen LogP contribution in [-0.2, 0) is 11.2 Å². The maximum Gasteiger partial charge on any atom is 0.157 e. The van der Waals surface area contributed by atoms with E-state index in [9.17, 15) is 4.79 Å². The molecule has 0 N–H and O–H groups in total. The Morgan fingerprint density at radius 2 is 1.94 bits per heavy atom. The summed E-state index contributed by atoms with van der Waals surface area (Å²) >= 11 is 0. The molecular formula is C16H23NO. The molecule has 18 heavy (non-hydrogen) atoms. The van der Waals surface area contributed by atoms with Gasteiger partial charge in [-0.2, -0.15) is 0 Å². The van der Waals surface area contributed by atoms with E-state index in [0.29, 0.717) is 12.2 Å². The quantitative estimate of drug-likeness (QED) is 0.813. The van der Waals surface area contributed by atoms with Gasteiger partial charge in [0, 0.05) is 6.42 Å². The normalized spacial score (nSPS) is 18.2. The first-order valence-electron chi connectivity index (χ1n) is 6.81. The molecule has 0 aromatic heterocycles. The summed E-state index contributed by atoms with van der Waals surface area (Å²) in [5.74, 6) is 0.385. The summed E-state index contributed by atoms with van der Waals surface area (Å²) in [5.41, 5.74) is 2.17. The molecule has 2 nitrogen and oxygen atoms in total. The maximum atomic E-state index is 12.6. The average Bonchev–Trinajstić information content (AvgIpc) is 2.79. The topological polar surface area (TPSA) is 20.3 Å². The van der Waals surface area contributed by atoms with Gasteiger partial charge in [-0.25, -0.2) is 0 Å². The molecule has 0 aliphatic heterocycles. The summed E-state index contributed by atoms with van der Waals surface area (Å²) < 4.78 is 0. The number of benzene rings is 1. The SMILES string of the molecule is Cc1cccc(CC(=O)C2(N(C)C)CCCC2)c1. The third kappa shape index (κ3) is 2.49. The minimum Gasteiger partial charge on any atom is -0.297 e. The van der Waals surface area contributed by atoms with Crippen molar-refractivity contribution in [3.63, 3.8) is 0 Å². The number of rotatable bonds is 4. The first kappa shape index (κ1) is 13.3. The summed E-state index contributed by atoms with van der Waals surface area (Å²) in [4.78, 5) is 14.8. The molecule has 1 aromatic carbocycles. The van der Waals surface area contributed by atoms with Crippen LogP contribution in [-0.4, -0.2) is 30.3 Å². The second-order valence-corrected chi connectivity index (χ2v) is 5.72. The highest BCUT2D eigenvalue weighted by Crippen LogP contribution is 2.35. The predicted octanol–water partition coefficient (Wildman–Crippen LogP) is 2.98. The van der Waals surface area contributed by atoms with E-state index < -0.39 is 0 Å². The van der Waals surface area contributed by atoms with Gasteiger partial charge in [0.05, 0.1) is 5.54 Å². The van der Waals surface area contributed by atoms with Crippen molar-refractivity contribution in [2.45, 2.75) is 44.6 Å². The van der Waals surface area contributed by atoms with E-state index in [1.807, 2.05) is 20.2 Å². The third-order valence-corrected chi connectivity index (χ3v) is 4.25. The zero-order valence-electron chi connectivity index (χ0n) is 11.7. The number of carbonyl (C=O) groups excluding carboxylic acids is 1. The number of nitrogens with zero attached hydrogens (tertiary/aromatic N) is 1. The van der Waals surface area contributed by atoms with Gasteiger partial charge < -0.3 is 0 Å². The van der Waals surface area contributed by atoms with E-state index in [2.05, 4.69) is 30.0 Å². The number of likely N-dealkylation sites (N-methyl/N-ethyl adjacent to an activating group) is 1. The van der Waals surface area contributed by atoms with Gasteiger partial charge >= 0.3 is 0 Å². The lowest BCUT2D eigenvalue weighted by Gasteiger charge is -2.34. The van der Waals surface area contributed by atoms with Gasteiger partial charge in [-0.15, -0.1) is 0 Å². The van der Waals surface area contributed by atoms with E-state index in [1.54, 1.807) is 0 Å². The van der Waals surface area contributed by atoms with Crippen molar-refractivity contribution in [1.29, 1.82) is 0 Å². The van der Waals surface area contributed by atoms with Gasteiger partial charge in [-0.05, 0) is 39.4 Å². The number of ketones is 1. The number of Topliss-reactive ketones (excluding diaryl/α,β-unsaturated/α-hetero) is 1. The van der Waals surface area contributed by atoms with Crippen LogP contribution in [0.1, 0.15) is 36.8 Å². The smallest absolute Gasteiger partial charge is 0.157 e. The van der Waals surface area contributed by atoms with E-state index in [-0.39, 0.29) is 5.54 Å². The van der Waals surface area contributed by atoms with Crippen molar-refractivity contribution in [3.05, 3.63) is 35.4 Å². The van der Waals surface area contributed by atoms with Crippen LogP contribution < -0.4 is 0 Å². The number of hydrogen-bond acceptors (Lipinski definition) is 2. The van der Waals surface area contributed by atoms with Gasteiger partial charge in [-0.3, -0.25) is 9.69 Å². The molecule has 98 valence electrons. The number of carbonyl (C=O) groups is 1. The summed E-state index contributed by atoms with van der Waals surface area (Å²) in [6.07, 6.45) is 4.96. The van der Waals surface area contributed by atoms with Crippen LogP contribution in [0.5, 0.6) is 0 Å². The van der Waals surface area contributed by atoms with E-state index in [0.717, 1.165) is 18.4 Å². The Kier molecular flexibility index (Phi) is 3.86. The Morgan fingerprint density at radius 1 is 1.28 bits per heavy atom. The molecule has 1 fully saturated rings. The van der Waals surface area contributed by atoms with E-state index in [4.69, 9.17) is 0 Å². The molecule has 2 heteroatoms. The Labute approximate surface area is 110 Å². The fraction of sp³-hybridized carbons (Fsp3) is 0.562. The lowest BCUT2D eigenvalue weighted by molar-refractivity contribution is -0.128. The van der Waals surface area contributed by atoms with Gasteiger partial charge in [0.25, 0.3) is 0 Å². The molecule has 0 unspecified atom stereocenters. The molecule has 1 aliphatic carbocycles. The number of aryl methyl sites for hydroxylation is 1. The van der Waals surface area contributed by atoms with Gasteiger partial charge in [0.15, 0.2) is 5.78 Å². The van der Waals surface area contributed by atoms with Crippen molar-refractivity contribution >= 4 is 5.78 Å². The minimum absolute atomic E-state index is 0.205. The van der Waals surface area contributed by atoms with Crippen molar-refractivity contribution < 1.29 is 4.79 Å². The highest BCUT2D eigenvalue weighted by atomic mass is 16.1. The molecule has 0 spiro atoms. The lowest BCUT2D eigenvalue weighted by Crippen LogP contribution is -2.49. The largest absolute Gasteiger partial charge is 0.297 e. The van der Waals surface area contributed by atoms with Crippen molar-refractivity contribution in [1.82, 2.24) is 4.90 Å². The van der Waals surface area contributed by atoms with Crippen molar-refractivity contribution in [3.8, 4) is 0 Å². The highest BCUT2D eigenvalue weighted by Gasteiger charge is 2.42. The summed E-state index contributed by atoms with van der Waals surface area (Å²) in [7, 11) is 4.08. The van der Waals surface area contributed by atoms with Crippen LogP contribution in [0.25, 0.3) is 0 Å². The molecule has 0 saturated heterocycles. The standard InChI is InChI=1S/C16H23NO/c1-13-7-6-8-14(11-13)12-15(18)16(17(2)3)9-4-5-10-16/h6-8,11H,4-5,9-10,12H2,1-3H3. The molecule has 0 atom stereocenters. The Bertz CT molecular complexity index is 430. The Morgan fingerprint density at radius 3 is 2.50 bits per heavy atom. The van der Waals surface area contributed by atoms with Crippen LogP contribution in [0.2, 0.25) is 0 Å². The van der Waals surface area contributed by atoms with Crippen LogP contribution >= 0.6 is 0 Å². The molecule has 0 heterocycles. The monoisotopic (exact) mass is 245 g/mol. The molecule has 0 bridgehead atoms.